The minimum Gasteiger partial charge on any atom is -0.443 e. The summed E-state index contributed by atoms with van der Waals surface area (Å²) in [5.41, 5.74) is 5.23. The molecule has 0 aliphatic carbocycles. The average Bonchev–Trinajstić information content (AvgIpc) is 1.64. The fourth-order valence-corrected chi connectivity index (χ4v) is 0.535. The van der Waals surface area contributed by atoms with E-state index in [9.17, 15) is 4.79 Å². The maximum absolute atomic E-state index is 10.3. The molecule has 0 aromatic rings. The molecule has 1 rings (SSSR count). The van der Waals surface area contributed by atoms with E-state index in [-0.39, 0.29) is 5.97 Å². The van der Waals surface area contributed by atoms with Crippen LogP contribution in [-0.4, -0.2) is 12.2 Å². The number of ether oxygens (including phenoxy) is 1. The van der Waals surface area contributed by atoms with Crippen LogP contribution in [0.2, 0.25) is 0 Å². The van der Waals surface area contributed by atoms with E-state index < -0.39 is 6.23 Å². The Morgan fingerprint density at radius 2 is 2.62 bits per heavy atom. The lowest BCUT2D eigenvalue weighted by Crippen LogP contribution is -2.28. The van der Waals surface area contributed by atoms with Gasteiger partial charge in [0.1, 0.15) is 0 Å². The van der Waals surface area contributed by atoms with Gasteiger partial charge in [0.25, 0.3) is 0 Å². The van der Waals surface area contributed by atoms with Crippen LogP contribution in [0, 0.1) is 0 Å². The van der Waals surface area contributed by atoms with E-state index in [1.54, 1.807) is 6.08 Å². The summed E-state index contributed by atoms with van der Waals surface area (Å²) < 4.78 is 4.54. The summed E-state index contributed by atoms with van der Waals surface area (Å²) in [6.07, 6.45) is 3.29. The predicted molar refractivity (Wildman–Crippen MR) is 27.8 cm³/mol. The number of nitrogens with two attached hydrogens (primary N) is 1. The third-order valence-corrected chi connectivity index (χ3v) is 0.890. The Bertz CT molecular complexity index is 130. The van der Waals surface area contributed by atoms with E-state index in [0.29, 0.717) is 6.42 Å². The van der Waals surface area contributed by atoms with Crippen LogP contribution < -0.4 is 5.73 Å². The first-order chi connectivity index (χ1) is 3.79. The van der Waals surface area contributed by atoms with Crippen molar-refractivity contribution < 1.29 is 9.53 Å². The Hall–Kier alpha value is -0.830. The van der Waals surface area contributed by atoms with Gasteiger partial charge < -0.3 is 4.74 Å². The van der Waals surface area contributed by atoms with E-state index in [0.717, 1.165) is 0 Å². The number of cyclic esters (lactones) is 1. The molecule has 0 bridgehead atoms. The molecule has 0 fully saturated rings. The van der Waals surface area contributed by atoms with E-state index >= 15 is 0 Å². The number of rotatable bonds is 0. The zero-order valence-electron chi connectivity index (χ0n) is 4.33. The van der Waals surface area contributed by atoms with Crippen LogP contribution in [0.4, 0.5) is 0 Å². The fourth-order valence-electron chi connectivity index (χ4n) is 0.535. The van der Waals surface area contributed by atoms with E-state index in [1.807, 2.05) is 0 Å². The van der Waals surface area contributed by atoms with Crippen LogP contribution in [-0.2, 0) is 9.53 Å². The lowest BCUT2D eigenvalue weighted by molar-refractivity contribution is -0.143. The highest BCUT2D eigenvalue weighted by molar-refractivity contribution is 5.82. The maximum Gasteiger partial charge on any atom is 0.331 e. The third-order valence-electron chi connectivity index (χ3n) is 0.890. The Morgan fingerprint density at radius 3 is 3.00 bits per heavy atom. The molecule has 3 heteroatoms. The van der Waals surface area contributed by atoms with Crippen molar-refractivity contribution in [1.29, 1.82) is 0 Å². The first-order valence-electron chi connectivity index (χ1n) is 2.42. The van der Waals surface area contributed by atoms with E-state index in [2.05, 4.69) is 4.74 Å². The van der Waals surface area contributed by atoms with Gasteiger partial charge >= 0.3 is 5.97 Å². The molecular formula is C5H7NO2. The molecule has 0 aromatic carbocycles. The highest BCUT2D eigenvalue weighted by Crippen LogP contribution is 2.00. The quantitative estimate of drug-likeness (QED) is 0.441. The van der Waals surface area contributed by atoms with Crippen LogP contribution >= 0.6 is 0 Å². The minimum atomic E-state index is -0.424. The molecule has 1 aliphatic rings. The van der Waals surface area contributed by atoms with Crippen LogP contribution in [0.15, 0.2) is 12.2 Å². The summed E-state index contributed by atoms with van der Waals surface area (Å²) in [5, 5.41) is 0. The molecule has 3 nitrogen and oxygen atoms in total. The van der Waals surface area contributed by atoms with Crippen molar-refractivity contribution in [2.75, 3.05) is 0 Å². The van der Waals surface area contributed by atoms with E-state index in [1.165, 1.54) is 6.08 Å². The summed E-state index contributed by atoms with van der Waals surface area (Å²) in [4.78, 5) is 10.3. The van der Waals surface area contributed by atoms with Gasteiger partial charge in [0.05, 0.1) is 0 Å². The van der Waals surface area contributed by atoms with Crippen LogP contribution in [0.25, 0.3) is 0 Å². The molecule has 1 aliphatic heterocycles. The zero-order valence-corrected chi connectivity index (χ0v) is 4.33. The monoisotopic (exact) mass is 113 g/mol. The average molecular weight is 113 g/mol. The molecule has 1 atom stereocenters. The molecule has 1 heterocycles. The van der Waals surface area contributed by atoms with Gasteiger partial charge in [-0.05, 0) is 0 Å². The molecule has 0 aromatic heterocycles. The van der Waals surface area contributed by atoms with Gasteiger partial charge in [0, 0.05) is 12.5 Å². The number of carbonyl (C=O) groups is 1. The normalized spacial score (nSPS) is 27.6. The second kappa shape index (κ2) is 1.96. The first-order valence-corrected chi connectivity index (χ1v) is 2.42. The summed E-state index contributed by atoms with van der Waals surface area (Å²) >= 11 is 0. The van der Waals surface area contributed by atoms with Crippen LogP contribution in [0.3, 0.4) is 0 Å². The van der Waals surface area contributed by atoms with Gasteiger partial charge in [-0.3, -0.25) is 5.73 Å². The zero-order chi connectivity index (χ0) is 5.98. The smallest absolute Gasteiger partial charge is 0.331 e. The molecule has 1 unspecified atom stereocenters. The van der Waals surface area contributed by atoms with Crippen molar-refractivity contribution in [3.05, 3.63) is 12.2 Å². The Kier molecular flexibility index (Phi) is 1.30. The highest BCUT2D eigenvalue weighted by Gasteiger charge is 2.08. The number of hydrogen-bond donors (Lipinski definition) is 1. The predicted octanol–water partition coefficient (Wildman–Crippen LogP) is -0.226. The van der Waals surface area contributed by atoms with Gasteiger partial charge in [-0.2, -0.15) is 0 Å². The number of esters is 1. The lowest BCUT2D eigenvalue weighted by atomic mass is 10.3. The van der Waals surface area contributed by atoms with Crippen molar-refractivity contribution >= 4 is 5.97 Å². The molecule has 0 radical (unpaired) electrons. The largest absolute Gasteiger partial charge is 0.443 e. The summed E-state index contributed by atoms with van der Waals surface area (Å²) in [6, 6.07) is 0. The molecule has 0 saturated heterocycles. The molecule has 0 saturated carbocycles. The SMILES string of the molecule is NC1CC=CC(=O)O1. The second-order valence-corrected chi connectivity index (χ2v) is 1.61. The van der Waals surface area contributed by atoms with Crippen LogP contribution in [0.1, 0.15) is 6.42 Å². The number of hydrogen-bond acceptors (Lipinski definition) is 3. The van der Waals surface area contributed by atoms with Gasteiger partial charge in [-0.25, -0.2) is 4.79 Å². The van der Waals surface area contributed by atoms with Crippen molar-refractivity contribution in [3.63, 3.8) is 0 Å². The fraction of sp³-hybridized carbons (Fsp3) is 0.400. The Balaban J connectivity index is 2.54. The first kappa shape index (κ1) is 5.31. The Labute approximate surface area is 47.1 Å². The molecular weight excluding hydrogens is 106 g/mol. The van der Waals surface area contributed by atoms with Gasteiger partial charge in [-0.1, -0.05) is 6.08 Å². The van der Waals surface area contributed by atoms with Crippen molar-refractivity contribution in [3.8, 4) is 0 Å². The summed E-state index contributed by atoms with van der Waals surface area (Å²) in [5.74, 6) is -0.344. The standard InChI is InChI=1S/C5H7NO2/c6-4-2-1-3-5(7)8-4/h1,3-4H,2,6H2. The Morgan fingerprint density at radius 1 is 1.88 bits per heavy atom. The van der Waals surface area contributed by atoms with Gasteiger partial charge in [0.2, 0.25) is 0 Å². The summed E-state index contributed by atoms with van der Waals surface area (Å²) in [7, 11) is 0. The molecule has 0 amide bonds. The van der Waals surface area contributed by atoms with Gasteiger partial charge in [-0.15, -0.1) is 0 Å². The second-order valence-electron chi connectivity index (χ2n) is 1.61. The molecule has 8 heavy (non-hydrogen) atoms. The minimum absolute atomic E-state index is 0.344. The maximum atomic E-state index is 10.3. The lowest BCUT2D eigenvalue weighted by Gasteiger charge is -2.12. The van der Waals surface area contributed by atoms with E-state index in [4.69, 9.17) is 5.73 Å². The van der Waals surface area contributed by atoms with Gasteiger partial charge in [0.15, 0.2) is 6.23 Å². The molecule has 0 spiro atoms. The molecule has 2 N–H and O–H groups in total. The van der Waals surface area contributed by atoms with Crippen molar-refractivity contribution in [2.45, 2.75) is 12.6 Å². The highest BCUT2D eigenvalue weighted by atomic mass is 16.6. The van der Waals surface area contributed by atoms with Crippen LogP contribution in [0.5, 0.6) is 0 Å². The third kappa shape index (κ3) is 1.07. The van der Waals surface area contributed by atoms with Crippen molar-refractivity contribution in [1.82, 2.24) is 0 Å². The topological polar surface area (TPSA) is 52.3 Å². The molecule has 44 valence electrons. The van der Waals surface area contributed by atoms with Crippen molar-refractivity contribution in [2.24, 2.45) is 5.73 Å². The number of carbonyl (C=O) groups excluding carboxylic acids is 1. The summed E-state index contributed by atoms with van der Waals surface area (Å²) in [6.45, 7) is 0.